The molecular weight excluding hydrogens is 727 g/mol. The second-order valence-electron chi connectivity index (χ2n) is 16.8. The number of carbonyl (C=O) groups is 5. The quantitative estimate of drug-likeness (QED) is 0.179. The van der Waals surface area contributed by atoms with E-state index in [-0.39, 0.29) is 61.9 Å². The van der Waals surface area contributed by atoms with Crippen LogP contribution in [0.15, 0.2) is 84.7 Å². The van der Waals surface area contributed by atoms with Crippen LogP contribution >= 0.6 is 0 Å². The topological polar surface area (TPSA) is 195 Å². The van der Waals surface area contributed by atoms with Crippen molar-refractivity contribution >= 4 is 45.9 Å². The molecule has 0 bridgehead atoms. The van der Waals surface area contributed by atoms with Crippen LogP contribution in [0.3, 0.4) is 0 Å². The van der Waals surface area contributed by atoms with Crippen LogP contribution in [0.25, 0.3) is 10.8 Å². The summed E-state index contributed by atoms with van der Waals surface area (Å²) in [5, 5.41) is 28.7. The molecule has 0 unspecified atom stereocenters. The number of Topliss-reactive ketones (excluding diaryl/α,β-unsaturated/α-hetero) is 1. The van der Waals surface area contributed by atoms with E-state index >= 15 is 0 Å². The lowest BCUT2D eigenvalue weighted by atomic mass is 9.46. The van der Waals surface area contributed by atoms with Gasteiger partial charge in [-0.3, -0.25) is 29.0 Å². The summed E-state index contributed by atoms with van der Waals surface area (Å²) in [6.07, 6.45) is 9.48. The number of amides is 1. The van der Waals surface area contributed by atoms with Crippen LogP contribution in [0.5, 0.6) is 0 Å². The number of rotatable bonds is 12. The predicted octanol–water partition coefficient (Wildman–Crippen LogP) is 5.11. The summed E-state index contributed by atoms with van der Waals surface area (Å²) in [5.74, 6) is -3.53. The van der Waals surface area contributed by atoms with Gasteiger partial charge >= 0.3 is 11.9 Å². The molecule has 0 aliphatic heterocycles. The van der Waals surface area contributed by atoms with Crippen molar-refractivity contribution < 1.29 is 43.7 Å². The molecule has 1 amide bonds. The smallest absolute Gasteiger partial charge is 0.306 e. The number of esters is 2. The highest BCUT2D eigenvalue weighted by Crippen LogP contribution is 2.68. The van der Waals surface area contributed by atoms with E-state index in [0.29, 0.717) is 29.7 Å². The lowest BCUT2D eigenvalue weighted by molar-refractivity contribution is -0.186. The third-order valence-electron chi connectivity index (χ3n) is 13.6. The van der Waals surface area contributed by atoms with Gasteiger partial charge in [0.1, 0.15) is 12.2 Å². The van der Waals surface area contributed by atoms with E-state index in [9.17, 15) is 34.2 Å². The minimum Gasteiger partial charge on any atom is -0.461 e. The van der Waals surface area contributed by atoms with Gasteiger partial charge < -0.3 is 30.7 Å². The molecule has 3 saturated carbocycles. The van der Waals surface area contributed by atoms with Gasteiger partial charge in [0.25, 0.3) is 0 Å². The maximum Gasteiger partial charge on any atom is 0.306 e. The number of carbonyl (C=O) groups excluding carboxylic acids is 5. The number of fused-ring (bicyclic) bond motifs is 6. The van der Waals surface area contributed by atoms with Crippen molar-refractivity contribution in [1.82, 2.24) is 4.98 Å². The second kappa shape index (κ2) is 15.7. The van der Waals surface area contributed by atoms with Crippen molar-refractivity contribution in [3.05, 3.63) is 95.9 Å². The maximum absolute atomic E-state index is 13.8. The van der Waals surface area contributed by atoms with Gasteiger partial charge in [-0.05, 0) is 90.3 Å². The zero-order valence-electron chi connectivity index (χ0n) is 32.6. The number of pyridine rings is 1. The third kappa shape index (κ3) is 7.35. The van der Waals surface area contributed by atoms with Crippen molar-refractivity contribution in [3.8, 4) is 0 Å². The Morgan fingerprint density at radius 3 is 2.49 bits per heavy atom. The molecule has 4 aliphatic rings. The molecule has 3 fully saturated rings. The number of nitrogens with two attached hydrogens (primary N) is 1. The van der Waals surface area contributed by atoms with Crippen LogP contribution in [0.1, 0.15) is 76.3 Å². The van der Waals surface area contributed by atoms with Crippen LogP contribution in [-0.4, -0.2) is 69.5 Å². The van der Waals surface area contributed by atoms with Crippen molar-refractivity contribution in [3.63, 3.8) is 0 Å². The van der Waals surface area contributed by atoms with E-state index < -0.39 is 58.7 Å². The Morgan fingerprint density at radius 2 is 1.75 bits per heavy atom. The number of aliphatic hydroxyl groups is 2. The van der Waals surface area contributed by atoms with Crippen LogP contribution in [0.4, 0.5) is 5.69 Å². The molecule has 3 aromatic rings. The molecule has 9 atom stereocenters. The first-order valence-corrected chi connectivity index (χ1v) is 19.8. The highest BCUT2D eigenvalue weighted by Gasteiger charge is 2.70. The average Bonchev–Trinajstić information content (AvgIpc) is 3.40. The summed E-state index contributed by atoms with van der Waals surface area (Å²) in [6, 6.07) is 14.4. The van der Waals surface area contributed by atoms with E-state index in [1.54, 1.807) is 48.8 Å². The monoisotopic (exact) mass is 777 g/mol. The van der Waals surface area contributed by atoms with Crippen LogP contribution in [0.2, 0.25) is 0 Å². The van der Waals surface area contributed by atoms with Crippen LogP contribution in [-0.2, 0) is 40.1 Å². The fourth-order valence-corrected chi connectivity index (χ4v) is 10.7. The Labute approximate surface area is 331 Å². The van der Waals surface area contributed by atoms with Gasteiger partial charge in [0.05, 0.1) is 24.9 Å². The Morgan fingerprint density at radius 1 is 1.02 bits per heavy atom. The van der Waals surface area contributed by atoms with Crippen molar-refractivity contribution in [1.29, 1.82) is 0 Å². The van der Waals surface area contributed by atoms with Gasteiger partial charge in [0.2, 0.25) is 11.7 Å². The largest absolute Gasteiger partial charge is 0.461 e. The molecule has 1 aromatic heterocycles. The highest BCUT2D eigenvalue weighted by molar-refractivity contribution is 6.01. The molecule has 7 rings (SSSR count). The standard InChI is InChI=1S/C45H51N3O9/c1-26-18-36-34-11-9-31-20-33(49)14-16-43(31,2)41(34)37(50)21-44(36,3)45(26,55)38(51)25-57-40(53)13-12-39(52)56-24-27-4-6-28(7-5-27)35(22-46)42(54)48-32-10-8-30-23-47-17-15-29(30)19-32/h4-8,10,14-17,19-20,23,26,34-37,41,50,55H,9,11-13,18,21-22,24-25,46H2,1-3H3,(H,48,54)/t26-,34+,35-,36+,37+,41-,43+,44+,45+/m1/s1. The minimum atomic E-state index is -1.82. The fraction of sp³-hybridized carbons (Fsp3) is 0.467. The van der Waals surface area contributed by atoms with E-state index in [1.165, 1.54) is 0 Å². The van der Waals surface area contributed by atoms with Gasteiger partial charge in [-0.15, -0.1) is 0 Å². The van der Waals surface area contributed by atoms with Crippen LogP contribution in [0, 0.1) is 34.5 Å². The number of aromatic nitrogens is 1. The number of hydrogen-bond donors (Lipinski definition) is 4. The molecule has 4 aliphatic carbocycles. The Balaban J connectivity index is 0.879. The average molecular weight is 778 g/mol. The van der Waals surface area contributed by atoms with Gasteiger partial charge in [-0.25, -0.2) is 0 Å². The summed E-state index contributed by atoms with van der Waals surface area (Å²) >= 11 is 0. The first-order valence-electron chi connectivity index (χ1n) is 19.8. The summed E-state index contributed by atoms with van der Waals surface area (Å²) in [7, 11) is 0. The van der Waals surface area contributed by atoms with Crippen molar-refractivity contribution in [2.24, 2.45) is 40.2 Å². The van der Waals surface area contributed by atoms with E-state index in [1.807, 2.05) is 44.2 Å². The molecule has 12 nitrogen and oxygen atoms in total. The molecule has 0 spiro atoms. The number of benzene rings is 2. The first-order chi connectivity index (χ1) is 27.2. The highest BCUT2D eigenvalue weighted by atomic mass is 16.5. The molecule has 5 N–H and O–H groups in total. The molecule has 1 heterocycles. The van der Waals surface area contributed by atoms with Crippen LogP contribution < -0.4 is 11.1 Å². The fourth-order valence-electron chi connectivity index (χ4n) is 10.7. The lowest BCUT2D eigenvalue weighted by Crippen LogP contribution is -2.62. The number of nitrogens with one attached hydrogen (secondary N) is 1. The second-order valence-corrected chi connectivity index (χ2v) is 16.8. The minimum absolute atomic E-state index is 0.0314. The summed E-state index contributed by atoms with van der Waals surface area (Å²) in [6.45, 7) is 5.16. The Bertz CT molecular complexity index is 2150. The number of nitrogens with zero attached hydrogens (tertiary/aromatic N) is 1. The predicted molar refractivity (Wildman–Crippen MR) is 211 cm³/mol. The maximum atomic E-state index is 13.8. The molecule has 12 heteroatoms. The summed E-state index contributed by atoms with van der Waals surface area (Å²) in [5.41, 5.74) is 5.79. The van der Waals surface area contributed by atoms with Gasteiger partial charge in [-0.2, -0.15) is 0 Å². The summed E-state index contributed by atoms with van der Waals surface area (Å²) in [4.78, 5) is 68.4. The lowest BCUT2D eigenvalue weighted by Gasteiger charge is -2.59. The normalized spacial score (nSPS) is 30.7. The molecule has 57 heavy (non-hydrogen) atoms. The zero-order chi connectivity index (χ0) is 40.7. The van der Waals surface area contributed by atoms with E-state index in [2.05, 4.69) is 17.2 Å². The van der Waals surface area contributed by atoms with E-state index in [0.717, 1.165) is 22.8 Å². The molecule has 2 aromatic carbocycles. The number of allylic oxidation sites excluding steroid dienone is 4. The zero-order valence-corrected chi connectivity index (χ0v) is 32.6. The number of anilines is 1. The SMILES string of the molecule is C[C@@H]1C[C@H]2[C@@H]3CCC4=CC(=O)C=C[C@]4(C)[C@H]3[C@@H](O)C[C@]2(C)[C@@]1(O)C(=O)COC(=O)CCC(=O)OCc1ccc([C@@H](CN)C(=O)Nc2ccc3cnccc3c2)cc1. The molecule has 0 radical (unpaired) electrons. The van der Waals surface area contributed by atoms with Gasteiger partial charge in [0, 0.05) is 46.8 Å². The first kappa shape index (κ1) is 40.2. The summed E-state index contributed by atoms with van der Waals surface area (Å²) < 4.78 is 10.7. The Hall–Kier alpha value is -5.04. The van der Waals surface area contributed by atoms with Gasteiger partial charge in [-0.1, -0.05) is 62.8 Å². The molecular formula is C45H51N3O9. The Kier molecular flexibility index (Phi) is 11.1. The number of aliphatic hydroxyl groups excluding tert-OH is 1. The number of ketones is 2. The van der Waals surface area contributed by atoms with Crippen molar-refractivity contribution in [2.45, 2.75) is 83.5 Å². The van der Waals surface area contributed by atoms with Crippen molar-refractivity contribution in [2.75, 3.05) is 18.5 Å². The number of hydrogen-bond acceptors (Lipinski definition) is 11. The molecule has 300 valence electrons. The van der Waals surface area contributed by atoms with E-state index in [4.69, 9.17) is 15.2 Å². The number of ether oxygens (including phenoxy) is 2. The third-order valence-corrected chi connectivity index (χ3v) is 13.6. The molecule has 0 saturated heterocycles. The van der Waals surface area contributed by atoms with Gasteiger partial charge in [0.15, 0.2) is 12.4 Å².